The molecule has 28 heavy (non-hydrogen) atoms. The third-order valence-electron chi connectivity index (χ3n) is 4.20. The number of rotatable bonds is 2. The summed E-state index contributed by atoms with van der Waals surface area (Å²) in [6, 6.07) is 10.4. The van der Waals surface area contributed by atoms with E-state index in [0.717, 1.165) is 6.07 Å². The molecular formula is C19H12Cl2FN5O. The summed E-state index contributed by atoms with van der Waals surface area (Å²) in [4.78, 5) is 14.6. The van der Waals surface area contributed by atoms with Crippen LogP contribution < -0.4 is 16.0 Å². The maximum atomic E-state index is 13.4. The Hall–Kier alpha value is -3.16. The fraction of sp³-hybridized carbons (Fsp3) is 0. The number of benzene rings is 2. The molecule has 140 valence electrons. The van der Waals surface area contributed by atoms with Crippen LogP contribution in [-0.2, 0) is 0 Å². The van der Waals surface area contributed by atoms with Crippen molar-refractivity contribution in [3.63, 3.8) is 0 Å². The van der Waals surface area contributed by atoms with Crippen molar-refractivity contribution in [1.29, 1.82) is 0 Å². The Morgan fingerprint density at radius 3 is 2.64 bits per heavy atom. The largest absolute Gasteiger partial charge is 0.395 e. The third kappa shape index (κ3) is 3.15. The van der Waals surface area contributed by atoms with E-state index in [-0.39, 0.29) is 22.4 Å². The third-order valence-corrected chi connectivity index (χ3v) is 4.74. The zero-order valence-electron chi connectivity index (χ0n) is 14.2. The van der Waals surface area contributed by atoms with Crippen molar-refractivity contribution in [2.45, 2.75) is 0 Å². The highest BCUT2D eigenvalue weighted by Gasteiger charge is 2.32. The molecule has 2 heterocycles. The van der Waals surface area contributed by atoms with Gasteiger partial charge in [-0.25, -0.2) is 4.39 Å². The number of nitrogens with one attached hydrogen (secondary N) is 1. The minimum atomic E-state index is -0.491. The number of carbonyl (C=O) groups excluding carboxylic acids is 1. The van der Waals surface area contributed by atoms with Crippen molar-refractivity contribution in [1.82, 2.24) is 10.2 Å². The number of hydrogen-bond donors (Lipinski definition) is 2. The quantitative estimate of drug-likeness (QED) is 0.652. The molecule has 0 bridgehead atoms. The van der Waals surface area contributed by atoms with E-state index in [4.69, 9.17) is 28.9 Å². The molecule has 4 rings (SSSR count). The highest BCUT2D eigenvalue weighted by molar-refractivity contribution is 6.32. The Balaban J connectivity index is 1.95. The van der Waals surface area contributed by atoms with Crippen LogP contribution in [0.3, 0.4) is 0 Å². The molecule has 3 N–H and O–H groups in total. The molecule has 2 aromatic carbocycles. The number of halogens is 3. The number of fused-ring (bicyclic) bond motifs is 1. The van der Waals surface area contributed by atoms with Crippen LogP contribution in [0.25, 0.3) is 5.70 Å². The van der Waals surface area contributed by atoms with Gasteiger partial charge < -0.3 is 11.1 Å². The van der Waals surface area contributed by atoms with Crippen LogP contribution >= 0.6 is 23.2 Å². The summed E-state index contributed by atoms with van der Waals surface area (Å²) in [5.41, 5.74) is 8.23. The summed E-state index contributed by atoms with van der Waals surface area (Å²) in [6.07, 6.45) is 2.88. The highest BCUT2D eigenvalue weighted by atomic mass is 35.5. The molecular weight excluding hydrogens is 404 g/mol. The Bertz CT molecular complexity index is 1120. The van der Waals surface area contributed by atoms with Crippen LogP contribution in [-0.4, -0.2) is 16.1 Å². The van der Waals surface area contributed by atoms with Gasteiger partial charge in [-0.1, -0.05) is 23.2 Å². The van der Waals surface area contributed by atoms with Gasteiger partial charge in [0, 0.05) is 10.6 Å². The van der Waals surface area contributed by atoms with E-state index >= 15 is 0 Å². The number of amides is 1. The predicted molar refractivity (Wildman–Crippen MR) is 106 cm³/mol. The van der Waals surface area contributed by atoms with Gasteiger partial charge in [0.05, 0.1) is 40.1 Å². The molecule has 0 saturated heterocycles. The van der Waals surface area contributed by atoms with Crippen molar-refractivity contribution in [2.75, 3.05) is 10.2 Å². The molecule has 1 aliphatic rings. The van der Waals surface area contributed by atoms with Gasteiger partial charge >= 0.3 is 0 Å². The molecule has 0 atom stereocenters. The lowest BCUT2D eigenvalue weighted by molar-refractivity contribution is 0.0993. The summed E-state index contributed by atoms with van der Waals surface area (Å²) < 4.78 is 13.4. The first kappa shape index (κ1) is 18.2. The van der Waals surface area contributed by atoms with Crippen LogP contribution in [0, 0.1) is 5.82 Å². The van der Waals surface area contributed by atoms with E-state index in [2.05, 4.69) is 15.5 Å². The highest BCUT2D eigenvalue weighted by Crippen LogP contribution is 2.35. The first-order valence-corrected chi connectivity index (χ1v) is 8.84. The number of carbonyl (C=O) groups is 1. The minimum Gasteiger partial charge on any atom is -0.395 e. The number of nitrogens with zero attached hydrogens (tertiary/aromatic N) is 3. The van der Waals surface area contributed by atoms with Gasteiger partial charge in [-0.3, -0.25) is 9.69 Å². The van der Waals surface area contributed by atoms with Crippen molar-refractivity contribution < 1.29 is 9.18 Å². The standard InChI is InChI=1S/C19H12Cl2FN5O/c20-10-1-4-16-14(7-10)19(28)27(12-5-6-24-25-9-12)18(26-16)17(23)13-3-2-11(22)8-15(13)21/h1-9,26H,23H2. The van der Waals surface area contributed by atoms with Gasteiger partial charge in [0.1, 0.15) is 11.6 Å². The average Bonchev–Trinajstić information content (AvgIpc) is 2.68. The summed E-state index contributed by atoms with van der Waals surface area (Å²) in [6.45, 7) is 0. The second-order valence-corrected chi connectivity index (χ2v) is 6.79. The molecule has 1 amide bonds. The maximum absolute atomic E-state index is 13.4. The number of aromatic nitrogens is 2. The van der Waals surface area contributed by atoms with Crippen LogP contribution in [0.2, 0.25) is 10.0 Å². The second-order valence-electron chi connectivity index (χ2n) is 5.94. The molecule has 1 aromatic heterocycles. The van der Waals surface area contributed by atoms with Crippen LogP contribution in [0.15, 0.2) is 60.7 Å². The van der Waals surface area contributed by atoms with Crippen LogP contribution in [0.5, 0.6) is 0 Å². The normalized spacial score (nSPS) is 15.1. The maximum Gasteiger partial charge on any atom is 0.266 e. The molecule has 6 nitrogen and oxygen atoms in total. The number of nitrogens with two attached hydrogens (primary N) is 1. The molecule has 0 unspecified atom stereocenters. The lowest BCUT2D eigenvalue weighted by atomic mass is 10.1. The van der Waals surface area contributed by atoms with E-state index in [1.165, 1.54) is 29.4 Å². The summed E-state index contributed by atoms with van der Waals surface area (Å²) in [5, 5.41) is 11.2. The predicted octanol–water partition coefficient (Wildman–Crippen LogP) is 4.28. The fourth-order valence-electron chi connectivity index (χ4n) is 2.89. The Kier molecular flexibility index (Phi) is 4.62. The molecule has 9 heteroatoms. The summed E-state index contributed by atoms with van der Waals surface area (Å²) in [7, 11) is 0. The van der Waals surface area contributed by atoms with Gasteiger partial charge in [0.15, 0.2) is 0 Å². The molecule has 0 fully saturated rings. The number of hydrogen-bond acceptors (Lipinski definition) is 5. The van der Waals surface area contributed by atoms with Gasteiger partial charge in [-0.05, 0) is 42.5 Å². The summed E-state index contributed by atoms with van der Waals surface area (Å²) >= 11 is 12.2. The lowest BCUT2D eigenvalue weighted by Crippen LogP contribution is -2.40. The van der Waals surface area contributed by atoms with E-state index in [0.29, 0.717) is 27.5 Å². The average molecular weight is 416 g/mol. The Morgan fingerprint density at radius 1 is 1.11 bits per heavy atom. The summed E-state index contributed by atoms with van der Waals surface area (Å²) in [5.74, 6) is -0.587. The number of anilines is 2. The topological polar surface area (TPSA) is 84.1 Å². The van der Waals surface area contributed by atoms with Gasteiger partial charge in [-0.2, -0.15) is 10.2 Å². The molecule has 0 spiro atoms. The minimum absolute atomic E-state index is 0.119. The van der Waals surface area contributed by atoms with E-state index in [1.807, 2.05) is 0 Å². The van der Waals surface area contributed by atoms with Crippen molar-refractivity contribution >= 4 is 46.2 Å². The van der Waals surface area contributed by atoms with Crippen molar-refractivity contribution in [2.24, 2.45) is 5.73 Å². The van der Waals surface area contributed by atoms with E-state index in [9.17, 15) is 9.18 Å². The second kappa shape index (κ2) is 7.10. The molecule has 0 radical (unpaired) electrons. The van der Waals surface area contributed by atoms with E-state index in [1.54, 1.807) is 24.3 Å². The Morgan fingerprint density at radius 2 is 1.93 bits per heavy atom. The zero-order chi connectivity index (χ0) is 19.8. The first-order chi connectivity index (χ1) is 13.5. The van der Waals surface area contributed by atoms with Crippen LogP contribution in [0.4, 0.5) is 15.8 Å². The monoisotopic (exact) mass is 415 g/mol. The Labute approximate surface area is 169 Å². The van der Waals surface area contributed by atoms with Gasteiger partial charge in [-0.15, -0.1) is 0 Å². The fourth-order valence-corrected chi connectivity index (χ4v) is 3.33. The van der Waals surface area contributed by atoms with Crippen molar-refractivity contribution in [3.8, 4) is 0 Å². The van der Waals surface area contributed by atoms with Crippen molar-refractivity contribution in [3.05, 3.63) is 87.7 Å². The van der Waals surface area contributed by atoms with Crippen LogP contribution in [0.1, 0.15) is 15.9 Å². The molecule has 1 aliphatic heterocycles. The smallest absolute Gasteiger partial charge is 0.266 e. The SMILES string of the molecule is NC(=C1Nc2ccc(Cl)cc2C(=O)N1c1ccnnc1)c1ccc(F)cc1Cl. The molecule has 0 saturated carbocycles. The van der Waals surface area contributed by atoms with Gasteiger partial charge in [0.2, 0.25) is 0 Å². The van der Waals surface area contributed by atoms with Gasteiger partial charge in [0.25, 0.3) is 5.91 Å². The molecule has 3 aromatic rings. The first-order valence-electron chi connectivity index (χ1n) is 8.08. The molecule has 0 aliphatic carbocycles. The zero-order valence-corrected chi connectivity index (χ0v) is 15.7. The van der Waals surface area contributed by atoms with E-state index < -0.39 is 5.82 Å². The lowest BCUT2D eigenvalue weighted by Gasteiger charge is -2.33.